The van der Waals surface area contributed by atoms with Gasteiger partial charge in [-0.2, -0.15) is 0 Å². The van der Waals surface area contributed by atoms with Gasteiger partial charge >= 0.3 is 5.97 Å². The summed E-state index contributed by atoms with van der Waals surface area (Å²) in [6, 6.07) is 13.6. The van der Waals surface area contributed by atoms with E-state index in [1.165, 1.54) is 12.1 Å². The molecule has 0 aliphatic heterocycles. The molecule has 0 saturated heterocycles. The molecule has 0 spiro atoms. The number of hydrogen-bond donors (Lipinski definition) is 0. The minimum absolute atomic E-state index is 0.141. The first-order valence-electron chi connectivity index (χ1n) is 8.65. The summed E-state index contributed by atoms with van der Waals surface area (Å²) in [5.41, 5.74) is 1.81. The second-order valence-electron chi connectivity index (χ2n) is 5.83. The fourth-order valence-corrected chi connectivity index (χ4v) is 2.71. The summed E-state index contributed by atoms with van der Waals surface area (Å²) in [5, 5.41) is 0. The Hall–Kier alpha value is -2.89. The van der Waals surface area contributed by atoms with Crippen molar-refractivity contribution in [3.8, 4) is 5.75 Å². The summed E-state index contributed by atoms with van der Waals surface area (Å²) in [6.45, 7) is 2.82. The topological polar surface area (TPSA) is 53.4 Å². The third kappa shape index (κ3) is 4.39. The van der Waals surface area contributed by atoms with Crippen LogP contribution in [0.5, 0.6) is 5.75 Å². The molecule has 5 nitrogen and oxygen atoms in total. The van der Waals surface area contributed by atoms with Crippen molar-refractivity contribution in [2.45, 2.75) is 26.3 Å². The summed E-state index contributed by atoms with van der Waals surface area (Å²) in [7, 11) is 0. The summed E-state index contributed by atoms with van der Waals surface area (Å²) in [4.78, 5) is 16.7. The van der Waals surface area contributed by atoms with Gasteiger partial charge in [0.1, 0.15) is 23.9 Å². The zero-order chi connectivity index (χ0) is 18.4. The maximum absolute atomic E-state index is 12.8. The van der Waals surface area contributed by atoms with E-state index in [4.69, 9.17) is 9.47 Å². The second-order valence-corrected chi connectivity index (χ2v) is 5.83. The van der Waals surface area contributed by atoms with Gasteiger partial charge in [0, 0.05) is 12.8 Å². The van der Waals surface area contributed by atoms with E-state index in [2.05, 4.69) is 4.98 Å². The van der Waals surface area contributed by atoms with Crippen molar-refractivity contribution in [3.05, 3.63) is 60.2 Å². The summed E-state index contributed by atoms with van der Waals surface area (Å²) < 4.78 is 25.5. The van der Waals surface area contributed by atoms with Crippen molar-refractivity contribution >= 4 is 17.0 Å². The second kappa shape index (κ2) is 8.47. The number of aryl methyl sites for hydroxylation is 1. The van der Waals surface area contributed by atoms with Crippen LogP contribution in [0.3, 0.4) is 0 Å². The molecule has 0 aliphatic rings. The molecule has 2 aromatic carbocycles. The highest BCUT2D eigenvalue weighted by molar-refractivity contribution is 5.78. The van der Waals surface area contributed by atoms with E-state index >= 15 is 0 Å². The molecular weight excluding hydrogens is 335 g/mol. The first kappa shape index (κ1) is 17.9. The molecule has 3 rings (SSSR count). The molecule has 0 N–H and O–H groups in total. The van der Waals surface area contributed by atoms with Crippen LogP contribution in [0.25, 0.3) is 11.0 Å². The number of carbonyl (C=O) groups excluding carboxylic acids is 1. The number of benzene rings is 2. The molecule has 26 heavy (non-hydrogen) atoms. The minimum Gasteiger partial charge on any atom is -0.493 e. The van der Waals surface area contributed by atoms with Crippen molar-refractivity contribution < 1.29 is 18.7 Å². The molecule has 0 radical (unpaired) electrons. The summed E-state index contributed by atoms with van der Waals surface area (Å²) in [6.07, 6.45) is 1.31. The largest absolute Gasteiger partial charge is 0.493 e. The molecule has 0 fully saturated rings. The van der Waals surface area contributed by atoms with E-state index in [1.807, 2.05) is 35.8 Å². The van der Waals surface area contributed by atoms with Crippen LogP contribution in [0.1, 0.15) is 19.2 Å². The van der Waals surface area contributed by atoms with Crippen molar-refractivity contribution in [1.82, 2.24) is 9.55 Å². The highest BCUT2D eigenvalue weighted by atomic mass is 19.1. The Morgan fingerprint density at radius 2 is 1.88 bits per heavy atom. The van der Waals surface area contributed by atoms with Gasteiger partial charge < -0.3 is 14.0 Å². The maximum atomic E-state index is 12.8. The predicted octanol–water partition coefficient (Wildman–Crippen LogP) is 3.75. The molecule has 0 saturated carbocycles. The van der Waals surface area contributed by atoms with E-state index < -0.39 is 0 Å². The SMILES string of the molecule is CCc1nc2ccccc2n1CC(=O)OCCCOc1ccc(F)cc1. The fourth-order valence-electron chi connectivity index (χ4n) is 2.71. The van der Waals surface area contributed by atoms with Crippen LogP contribution >= 0.6 is 0 Å². The van der Waals surface area contributed by atoms with Crippen LogP contribution in [0, 0.1) is 5.82 Å². The van der Waals surface area contributed by atoms with E-state index in [1.54, 1.807) is 12.1 Å². The Kier molecular flexibility index (Phi) is 5.84. The lowest BCUT2D eigenvalue weighted by Gasteiger charge is -2.09. The molecule has 0 bridgehead atoms. The van der Waals surface area contributed by atoms with Crippen LogP contribution in [0.2, 0.25) is 0 Å². The first-order valence-corrected chi connectivity index (χ1v) is 8.65. The van der Waals surface area contributed by atoms with Gasteiger partial charge in [0.25, 0.3) is 0 Å². The van der Waals surface area contributed by atoms with Gasteiger partial charge in [0.2, 0.25) is 0 Å². The Morgan fingerprint density at radius 1 is 1.12 bits per heavy atom. The number of carbonyl (C=O) groups is 1. The smallest absolute Gasteiger partial charge is 0.326 e. The van der Waals surface area contributed by atoms with E-state index in [9.17, 15) is 9.18 Å². The highest BCUT2D eigenvalue weighted by Gasteiger charge is 2.13. The number of halogens is 1. The van der Waals surface area contributed by atoms with Gasteiger partial charge in [-0.1, -0.05) is 19.1 Å². The minimum atomic E-state index is -0.301. The van der Waals surface area contributed by atoms with E-state index in [0.717, 1.165) is 23.3 Å². The monoisotopic (exact) mass is 356 g/mol. The molecule has 6 heteroatoms. The third-order valence-electron chi connectivity index (χ3n) is 3.97. The van der Waals surface area contributed by atoms with Crippen LogP contribution < -0.4 is 4.74 Å². The number of fused-ring (bicyclic) bond motifs is 1. The Balaban J connectivity index is 1.46. The lowest BCUT2D eigenvalue weighted by atomic mass is 10.3. The average molecular weight is 356 g/mol. The van der Waals surface area contributed by atoms with Crippen LogP contribution in [0.15, 0.2) is 48.5 Å². The number of hydrogen-bond acceptors (Lipinski definition) is 4. The molecule has 1 aromatic heterocycles. The Morgan fingerprint density at radius 3 is 2.65 bits per heavy atom. The lowest BCUT2D eigenvalue weighted by Crippen LogP contribution is -2.17. The van der Waals surface area contributed by atoms with Crippen LogP contribution in [0.4, 0.5) is 4.39 Å². The third-order valence-corrected chi connectivity index (χ3v) is 3.97. The molecular formula is C20H21FN2O3. The van der Waals surface area contributed by atoms with Gasteiger partial charge in [0.05, 0.1) is 24.2 Å². The average Bonchev–Trinajstić information content (AvgIpc) is 3.01. The molecule has 0 aliphatic carbocycles. The van der Waals surface area contributed by atoms with Gasteiger partial charge in [-0.15, -0.1) is 0 Å². The van der Waals surface area contributed by atoms with E-state index in [0.29, 0.717) is 18.8 Å². The lowest BCUT2D eigenvalue weighted by molar-refractivity contribution is -0.144. The van der Waals surface area contributed by atoms with Gasteiger partial charge in [-0.3, -0.25) is 4.79 Å². The summed E-state index contributed by atoms with van der Waals surface area (Å²) >= 11 is 0. The summed E-state index contributed by atoms with van der Waals surface area (Å²) in [5.74, 6) is 0.854. The molecule has 136 valence electrons. The molecule has 1 heterocycles. The molecule has 0 atom stereocenters. The Bertz CT molecular complexity index is 874. The number of nitrogens with zero attached hydrogens (tertiary/aromatic N) is 2. The number of ether oxygens (including phenoxy) is 2. The fraction of sp³-hybridized carbons (Fsp3) is 0.300. The van der Waals surface area contributed by atoms with Crippen LogP contribution in [-0.4, -0.2) is 28.7 Å². The first-order chi connectivity index (χ1) is 12.7. The molecule has 0 amide bonds. The molecule has 0 unspecified atom stereocenters. The predicted molar refractivity (Wildman–Crippen MR) is 96.6 cm³/mol. The molecule has 3 aromatic rings. The number of imidazole rings is 1. The Labute approximate surface area is 151 Å². The van der Waals surface area contributed by atoms with Crippen LogP contribution in [-0.2, 0) is 22.5 Å². The number of aromatic nitrogens is 2. The van der Waals surface area contributed by atoms with Gasteiger partial charge in [-0.05, 0) is 36.4 Å². The zero-order valence-electron chi connectivity index (χ0n) is 14.7. The van der Waals surface area contributed by atoms with Crippen molar-refractivity contribution in [3.63, 3.8) is 0 Å². The maximum Gasteiger partial charge on any atom is 0.326 e. The zero-order valence-corrected chi connectivity index (χ0v) is 14.7. The number of para-hydroxylation sites is 2. The van der Waals surface area contributed by atoms with Gasteiger partial charge in [-0.25, -0.2) is 9.37 Å². The number of rotatable bonds is 8. The quantitative estimate of drug-likeness (QED) is 0.456. The highest BCUT2D eigenvalue weighted by Crippen LogP contribution is 2.16. The van der Waals surface area contributed by atoms with Crippen molar-refractivity contribution in [1.29, 1.82) is 0 Å². The van der Waals surface area contributed by atoms with Gasteiger partial charge in [0.15, 0.2) is 0 Å². The standard InChI is InChI=1S/C20H21FN2O3/c1-2-19-22-17-6-3-4-7-18(17)23(19)14-20(24)26-13-5-12-25-16-10-8-15(21)9-11-16/h3-4,6-11H,2,5,12-14H2,1H3. The van der Waals surface area contributed by atoms with Crippen molar-refractivity contribution in [2.75, 3.05) is 13.2 Å². The van der Waals surface area contributed by atoms with E-state index in [-0.39, 0.29) is 24.9 Å². The number of esters is 1. The normalized spacial score (nSPS) is 10.8. The van der Waals surface area contributed by atoms with Crippen molar-refractivity contribution in [2.24, 2.45) is 0 Å².